The molecule has 1 heterocycles. The summed E-state index contributed by atoms with van der Waals surface area (Å²) in [5.74, 6) is -0.829. The van der Waals surface area contributed by atoms with Crippen LogP contribution in [0.3, 0.4) is 0 Å². The van der Waals surface area contributed by atoms with Crippen molar-refractivity contribution in [3.8, 4) is 0 Å². The lowest BCUT2D eigenvalue weighted by Gasteiger charge is -2.31. The summed E-state index contributed by atoms with van der Waals surface area (Å²) in [6.45, 7) is 4.55. The number of carbonyl (C=O) groups excluding carboxylic acids is 1. The van der Waals surface area contributed by atoms with Gasteiger partial charge in [-0.25, -0.2) is 8.42 Å². The third-order valence-corrected chi connectivity index (χ3v) is 6.50. The molecule has 1 aromatic carbocycles. The first kappa shape index (κ1) is 23.7. The molecule has 1 aliphatic rings. The van der Waals surface area contributed by atoms with Crippen LogP contribution in [0.5, 0.6) is 0 Å². The van der Waals surface area contributed by atoms with Gasteiger partial charge in [0.15, 0.2) is 0 Å². The van der Waals surface area contributed by atoms with Gasteiger partial charge in [0.1, 0.15) is 6.54 Å². The Bertz CT molecular complexity index is 793. The summed E-state index contributed by atoms with van der Waals surface area (Å²) >= 11 is 0. The van der Waals surface area contributed by atoms with Crippen LogP contribution in [0.15, 0.2) is 29.2 Å². The van der Waals surface area contributed by atoms with Crippen LogP contribution < -0.4 is 0 Å². The molecule has 1 amide bonds. The van der Waals surface area contributed by atoms with Gasteiger partial charge in [-0.15, -0.1) is 0 Å². The van der Waals surface area contributed by atoms with Crippen molar-refractivity contribution in [3.05, 3.63) is 29.8 Å². The van der Waals surface area contributed by atoms with Crippen LogP contribution in [-0.4, -0.2) is 55.9 Å². The Labute approximate surface area is 170 Å². The number of hydrogen-bond acceptors (Lipinski definition) is 3. The van der Waals surface area contributed by atoms with Crippen LogP contribution in [-0.2, 0) is 10.0 Å². The minimum absolute atomic E-state index is 0.0607. The van der Waals surface area contributed by atoms with Crippen LogP contribution >= 0.6 is 0 Å². The first-order chi connectivity index (χ1) is 13.3. The second kappa shape index (κ2) is 9.04. The Hall–Kier alpha value is -1.61. The quantitative estimate of drug-likeness (QED) is 0.694. The van der Waals surface area contributed by atoms with Gasteiger partial charge < -0.3 is 4.90 Å². The van der Waals surface area contributed by atoms with E-state index in [1.807, 2.05) is 0 Å². The SMILES string of the molecule is CC(C)(C)CN(CC(F)(F)F)C(=O)c1cccc(S(=O)(=O)N2CCCCCC2)c1. The molecule has 1 fully saturated rings. The molecule has 9 heteroatoms. The lowest BCUT2D eigenvalue weighted by Crippen LogP contribution is -2.43. The first-order valence-corrected chi connectivity index (χ1v) is 11.2. The molecule has 164 valence electrons. The lowest BCUT2D eigenvalue weighted by atomic mass is 9.95. The molecule has 0 spiro atoms. The molecule has 0 bridgehead atoms. The molecule has 0 saturated carbocycles. The number of sulfonamides is 1. The number of nitrogens with zero attached hydrogens (tertiary/aromatic N) is 2. The van der Waals surface area contributed by atoms with Crippen molar-refractivity contribution < 1.29 is 26.4 Å². The molecule has 1 saturated heterocycles. The third kappa shape index (κ3) is 6.99. The number of carbonyl (C=O) groups is 1. The van der Waals surface area contributed by atoms with E-state index >= 15 is 0 Å². The van der Waals surface area contributed by atoms with E-state index in [0.29, 0.717) is 13.1 Å². The predicted molar refractivity (Wildman–Crippen MR) is 105 cm³/mol. The van der Waals surface area contributed by atoms with E-state index in [2.05, 4.69) is 0 Å². The van der Waals surface area contributed by atoms with E-state index in [0.717, 1.165) is 30.6 Å². The van der Waals surface area contributed by atoms with E-state index < -0.39 is 34.1 Å². The Morgan fingerprint density at radius 2 is 1.62 bits per heavy atom. The molecule has 0 aromatic heterocycles. The molecule has 0 aliphatic carbocycles. The van der Waals surface area contributed by atoms with Gasteiger partial charge in [0.05, 0.1) is 4.90 Å². The first-order valence-electron chi connectivity index (χ1n) is 9.76. The van der Waals surface area contributed by atoms with Crippen molar-refractivity contribution in [3.63, 3.8) is 0 Å². The summed E-state index contributed by atoms with van der Waals surface area (Å²) in [6.07, 6.45) is -1.09. The molecule has 0 radical (unpaired) electrons. The maximum Gasteiger partial charge on any atom is 0.406 e. The zero-order valence-electron chi connectivity index (χ0n) is 17.1. The van der Waals surface area contributed by atoms with E-state index in [4.69, 9.17) is 0 Å². The largest absolute Gasteiger partial charge is 0.406 e. The topological polar surface area (TPSA) is 57.7 Å². The van der Waals surface area contributed by atoms with Crippen molar-refractivity contribution in [1.82, 2.24) is 9.21 Å². The number of rotatable bonds is 5. The highest BCUT2D eigenvalue weighted by Crippen LogP contribution is 2.25. The lowest BCUT2D eigenvalue weighted by molar-refractivity contribution is -0.142. The molecular weight excluding hydrogens is 405 g/mol. The van der Waals surface area contributed by atoms with Crippen molar-refractivity contribution in [2.75, 3.05) is 26.2 Å². The van der Waals surface area contributed by atoms with Gasteiger partial charge in [0, 0.05) is 25.2 Å². The number of alkyl halides is 3. The van der Waals surface area contributed by atoms with Crippen molar-refractivity contribution in [2.45, 2.75) is 57.5 Å². The maximum atomic E-state index is 13.0. The minimum Gasteiger partial charge on any atom is -0.329 e. The highest BCUT2D eigenvalue weighted by molar-refractivity contribution is 7.89. The Morgan fingerprint density at radius 3 is 2.14 bits per heavy atom. The van der Waals surface area contributed by atoms with Gasteiger partial charge in [-0.1, -0.05) is 39.7 Å². The monoisotopic (exact) mass is 434 g/mol. The van der Waals surface area contributed by atoms with Gasteiger partial charge in [-0.3, -0.25) is 4.79 Å². The second-order valence-corrected chi connectivity index (χ2v) is 10.6. The number of amides is 1. The Morgan fingerprint density at radius 1 is 1.03 bits per heavy atom. The molecule has 29 heavy (non-hydrogen) atoms. The molecule has 0 atom stereocenters. The molecule has 5 nitrogen and oxygen atoms in total. The number of benzene rings is 1. The van der Waals surface area contributed by atoms with Gasteiger partial charge in [0.25, 0.3) is 5.91 Å². The summed E-state index contributed by atoms with van der Waals surface area (Å²) in [5.41, 5.74) is -0.606. The fraction of sp³-hybridized carbons (Fsp3) is 0.650. The van der Waals surface area contributed by atoms with E-state index in [9.17, 15) is 26.4 Å². The molecule has 1 aromatic rings. The summed E-state index contributed by atoms with van der Waals surface area (Å²) < 4.78 is 66.4. The molecule has 1 aliphatic heterocycles. The van der Waals surface area contributed by atoms with Crippen molar-refractivity contribution >= 4 is 15.9 Å². The molecule has 2 rings (SSSR count). The number of hydrogen-bond donors (Lipinski definition) is 0. The van der Waals surface area contributed by atoms with Crippen LogP contribution in [0.1, 0.15) is 56.8 Å². The highest BCUT2D eigenvalue weighted by Gasteiger charge is 2.35. The van der Waals surface area contributed by atoms with Crippen LogP contribution in [0.2, 0.25) is 0 Å². The fourth-order valence-electron chi connectivity index (χ4n) is 3.39. The number of halogens is 3. The standard InChI is InChI=1S/C20H29F3N2O3S/c1-19(2,3)14-24(15-20(21,22)23)18(26)16-9-8-10-17(13-16)29(27,28)25-11-6-4-5-7-12-25/h8-10,13H,4-7,11-12,14-15H2,1-3H3. The predicted octanol–water partition coefficient (Wildman–Crippen LogP) is 4.30. The van der Waals surface area contributed by atoms with Crippen LogP contribution in [0.25, 0.3) is 0 Å². The van der Waals surface area contributed by atoms with Crippen molar-refractivity contribution in [1.29, 1.82) is 0 Å². The summed E-state index contributed by atoms with van der Waals surface area (Å²) in [7, 11) is -3.80. The van der Waals surface area contributed by atoms with E-state index in [1.54, 1.807) is 20.8 Å². The average molecular weight is 435 g/mol. The van der Waals surface area contributed by atoms with Gasteiger partial charge >= 0.3 is 6.18 Å². The fourth-order valence-corrected chi connectivity index (χ4v) is 4.96. The zero-order valence-corrected chi connectivity index (χ0v) is 17.9. The van der Waals surface area contributed by atoms with Gasteiger partial charge in [-0.05, 0) is 36.5 Å². The van der Waals surface area contributed by atoms with Crippen molar-refractivity contribution in [2.24, 2.45) is 5.41 Å². The molecule has 0 N–H and O–H groups in total. The van der Waals surface area contributed by atoms with Crippen LogP contribution in [0.4, 0.5) is 13.2 Å². The second-order valence-electron chi connectivity index (χ2n) is 8.68. The third-order valence-electron chi connectivity index (χ3n) is 4.61. The van der Waals surface area contributed by atoms with Crippen LogP contribution in [0, 0.1) is 5.41 Å². The smallest absolute Gasteiger partial charge is 0.329 e. The highest BCUT2D eigenvalue weighted by atomic mass is 32.2. The molecule has 0 unspecified atom stereocenters. The summed E-state index contributed by atoms with van der Waals surface area (Å²) in [5, 5.41) is 0. The minimum atomic E-state index is -4.54. The van der Waals surface area contributed by atoms with Gasteiger partial charge in [-0.2, -0.15) is 17.5 Å². The summed E-state index contributed by atoms with van der Waals surface area (Å²) in [4.78, 5) is 13.5. The van der Waals surface area contributed by atoms with Gasteiger partial charge in [0.2, 0.25) is 10.0 Å². The Balaban J connectivity index is 2.33. The van der Waals surface area contributed by atoms with E-state index in [1.165, 1.54) is 28.6 Å². The summed E-state index contributed by atoms with van der Waals surface area (Å²) in [6, 6.07) is 5.33. The maximum absolute atomic E-state index is 13.0. The average Bonchev–Trinajstić information content (AvgIpc) is 2.88. The molecular formula is C20H29F3N2O3S. The Kier molecular flexibility index (Phi) is 7.37. The van der Waals surface area contributed by atoms with E-state index in [-0.39, 0.29) is 17.0 Å². The normalized spacial score (nSPS) is 17.0. The zero-order chi connectivity index (χ0) is 21.9.